The summed E-state index contributed by atoms with van der Waals surface area (Å²) in [6.45, 7) is 1.73. The van der Waals surface area contributed by atoms with Crippen LogP contribution in [0.1, 0.15) is 74.1 Å². The Morgan fingerprint density at radius 3 is 2.44 bits per heavy atom. The van der Waals surface area contributed by atoms with Gasteiger partial charge in [-0.05, 0) is 60.3 Å². The van der Waals surface area contributed by atoms with Crippen LogP contribution in [0.4, 0.5) is 4.79 Å². The van der Waals surface area contributed by atoms with Crippen molar-refractivity contribution in [2.75, 3.05) is 13.2 Å². The van der Waals surface area contributed by atoms with E-state index in [4.69, 9.17) is 4.74 Å². The van der Waals surface area contributed by atoms with E-state index in [-0.39, 0.29) is 25.7 Å². The molecule has 0 fully saturated rings. The standard InChI is InChI=1S/C29H41NO4/c1-2-3-4-5-6-8-11-23-14-15-26-19-27(17-16-25(26)18-23)29(21-31,22-32)30-28(33)34-20-24-12-9-7-10-13-24/h7,9-10,12-15,18,27,31-32H,2-6,8,11,16-17,19-22H2,1H3,(H,30,33). The van der Waals surface area contributed by atoms with E-state index in [1.54, 1.807) is 0 Å². The quantitative estimate of drug-likeness (QED) is 0.347. The Hall–Kier alpha value is -2.37. The van der Waals surface area contributed by atoms with Crippen molar-refractivity contribution in [2.45, 2.75) is 83.3 Å². The highest BCUT2D eigenvalue weighted by atomic mass is 16.5. The lowest BCUT2D eigenvalue weighted by molar-refractivity contribution is 0.0321. The number of amides is 1. The van der Waals surface area contributed by atoms with E-state index in [1.807, 2.05) is 30.3 Å². The second-order valence-corrected chi connectivity index (χ2v) is 9.72. The van der Waals surface area contributed by atoms with Crippen molar-refractivity contribution in [1.82, 2.24) is 5.32 Å². The first-order chi connectivity index (χ1) is 16.6. The Kier molecular flexibility index (Phi) is 10.4. The van der Waals surface area contributed by atoms with Gasteiger partial charge in [-0.1, -0.05) is 87.6 Å². The van der Waals surface area contributed by atoms with Gasteiger partial charge < -0.3 is 20.3 Å². The Labute approximate surface area is 204 Å². The molecule has 5 nitrogen and oxygen atoms in total. The highest BCUT2D eigenvalue weighted by Gasteiger charge is 2.41. The van der Waals surface area contributed by atoms with Crippen LogP contribution >= 0.6 is 0 Å². The van der Waals surface area contributed by atoms with Gasteiger partial charge in [-0.3, -0.25) is 0 Å². The highest BCUT2D eigenvalue weighted by molar-refractivity contribution is 5.68. The van der Waals surface area contributed by atoms with Crippen molar-refractivity contribution in [3.05, 3.63) is 70.8 Å². The number of aliphatic hydroxyl groups is 2. The fourth-order valence-electron chi connectivity index (χ4n) is 5.00. The normalized spacial score (nSPS) is 15.6. The Bertz CT molecular complexity index is 879. The fraction of sp³-hybridized carbons (Fsp3) is 0.552. The monoisotopic (exact) mass is 467 g/mol. The van der Waals surface area contributed by atoms with E-state index in [1.165, 1.54) is 55.2 Å². The number of unbranched alkanes of at least 4 members (excludes halogenated alkanes) is 5. The Morgan fingerprint density at radius 1 is 0.971 bits per heavy atom. The van der Waals surface area contributed by atoms with Crippen LogP contribution in [0.5, 0.6) is 0 Å². The van der Waals surface area contributed by atoms with Gasteiger partial charge in [0.15, 0.2) is 0 Å². The van der Waals surface area contributed by atoms with Crippen LogP contribution in [0.2, 0.25) is 0 Å². The number of hydrogen-bond donors (Lipinski definition) is 3. The first-order valence-electron chi connectivity index (χ1n) is 12.9. The van der Waals surface area contributed by atoms with Gasteiger partial charge in [0.2, 0.25) is 0 Å². The number of aryl methyl sites for hydroxylation is 2. The lowest BCUT2D eigenvalue weighted by Gasteiger charge is -2.41. The van der Waals surface area contributed by atoms with Crippen molar-refractivity contribution in [3.8, 4) is 0 Å². The van der Waals surface area contributed by atoms with Crippen LogP contribution in [0.25, 0.3) is 0 Å². The topological polar surface area (TPSA) is 78.8 Å². The van der Waals surface area contributed by atoms with E-state index in [9.17, 15) is 15.0 Å². The molecule has 5 heteroatoms. The van der Waals surface area contributed by atoms with Crippen molar-refractivity contribution in [2.24, 2.45) is 5.92 Å². The number of alkyl carbamates (subject to hydrolysis) is 1. The molecule has 0 heterocycles. The summed E-state index contributed by atoms with van der Waals surface area (Å²) in [5.74, 6) is -0.0660. The summed E-state index contributed by atoms with van der Waals surface area (Å²) in [6, 6.07) is 16.2. The SMILES string of the molecule is CCCCCCCCc1ccc2c(c1)CCC(C(CO)(CO)NC(=O)OCc1ccccc1)C2. The van der Waals surface area contributed by atoms with E-state index in [0.29, 0.717) is 6.42 Å². The predicted molar refractivity (Wildman–Crippen MR) is 136 cm³/mol. The van der Waals surface area contributed by atoms with E-state index in [0.717, 1.165) is 24.8 Å². The molecular weight excluding hydrogens is 426 g/mol. The predicted octanol–water partition coefficient (Wildman–Crippen LogP) is 5.34. The van der Waals surface area contributed by atoms with Gasteiger partial charge in [-0.15, -0.1) is 0 Å². The zero-order valence-corrected chi connectivity index (χ0v) is 20.6. The number of aliphatic hydroxyl groups excluding tert-OH is 2. The number of nitrogens with one attached hydrogen (secondary N) is 1. The average molecular weight is 468 g/mol. The summed E-state index contributed by atoms with van der Waals surface area (Å²) in [7, 11) is 0. The zero-order chi connectivity index (χ0) is 24.2. The van der Waals surface area contributed by atoms with Crippen LogP contribution in [-0.4, -0.2) is 35.1 Å². The van der Waals surface area contributed by atoms with Gasteiger partial charge in [0.25, 0.3) is 0 Å². The minimum atomic E-state index is -1.11. The molecule has 186 valence electrons. The molecule has 0 bridgehead atoms. The fourth-order valence-corrected chi connectivity index (χ4v) is 5.00. The molecule has 3 N–H and O–H groups in total. The molecule has 0 saturated carbocycles. The first-order valence-corrected chi connectivity index (χ1v) is 12.9. The maximum atomic E-state index is 12.5. The van der Waals surface area contributed by atoms with Crippen molar-refractivity contribution < 1.29 is 19.7 Å². The van der Waals surface area contributed by atoms with Crippen LogP contribution in [-0.2, 0) is 30.6 Å². The van der Waals surface area contributed by atoms with Gasteiger partial charge in [-0.25, -0.2) is 4.79 Å². The third-order valence-corrected chi connectivity index (χ3v) is 7.23. The smallest absolute Gasteiger partial charge is 0.408 e. The summed E-state index contributed by atoms with van der Waals surface area (Å²) < 4.78 is 5.36. The molecule has 1 aliphatic carbocycles. The minimum absolute atomic E-state index is 0.0660. The van der Waals surface area contributed by atoms with Gasteiger partial charge in [0, 0.05) is 0 Å². The van der Waals surface area contributed by atoms with E-state index < -0.39 is 11.6 Å². The molecule has 1 atom stereocenters. The number of carbonyl (C=O) groups excluding carboxylic acids is 1. The number of ether oxygens (including phenoxy) is 1. The second-order valence-electron chi connectivity index (χ2n) is 9.72. The highest BCUT2D eigenvalue weighted by Crippen LogP contribution is 2.33. The summed E-state index contributed by atoms with van der Waals surface area (Å²) in [4.78, 5) is 12.5. The van der Waals surface area contributed by atoms with E-state index in [2.05, 4.69) is 30.4 Å². The van der Waals surface area contributed by atoms with Crippen LogP contribution in [0, 0.1) is 5.92 Å². The molecule has 3 rings (SSSR count). The summed E-state index contributed by atoms with van der Waals surface area (Å²) in [5, 5.41) is 23.2. The molecule has 0 aromatic heterocycles. The van der Waals surface area contributed by atoms with Gasteiger partial charge in [0.05, 0.1) is 18.8 Å². The van der Waals surface area contributed by atoms with E-state index >= 15 is 0 Å². The molecule has 1 unspecified atom stereocenters. The maximum absolute atomic E-state index is 12.5. The third-order valence-electron chi connectivity index (χ3n) is 7.23. The lowest BCUT2D eigenvalue weighted by atomic mass is 9.72. The summed E-state index contributed by atoms with van der Waals surface area (Å²) >= 11 is 0. The second kappa shape index (κ2) is 13.5. The van der Waals surface area contributed by atoms with Gasteiger partial charge >= 0.3 is 6.09 Å². The molecule has 0 spiro atoms. The average Bonchev–Trinajstić information content (AvgIpc) is 2.88. The number of carbonyl (C=O) groups is 1. The molecule has 2 aromatic carbocycles. The largest absolute Gasteiger partial charge is 0.445 e. The summed E-state index contributed by atoms with van der Waals surface area (Å²) in [6.07, 6.45) is 10.7. The molecule has 0 aliphatic heterocycles. The van der Waals surface area contributed by atoms with Gasteiger partial charge in [-0.2, -0.15) is 0 Å². The van der Waals surface area contributed by atoms with Crippen molar-refractivity contribution in [3.63, 3.8) is 0 Å². The lowest BCUT2D eigenvalue weighted by Crippen LogP contribution is -2.60. The first kappa shape index (κ1) is 26.2. The molecule has 0 saturated heterocycles. The number of hydrogen-bond acceptors (Lipinski definition) is 4. The Balaban J connectivity index is 1.55. The number of benzene rings is 2. The molecule has 1 amide bonds. The van der Waals surface area contributed by atoms with Crippen LogP contribution in [0.15, 0.2) is 48.5 Å². The van der Waals surface area contributed by atoms with Crippen molar-refractivity contribution >= 4 is 6.09 Å². The maximum Gasteiger partial charge on any atom is 0.408 e. The Morgan fingerprint density at radius 2 is 1.71 bits per heavy atom. The van der Waals surface area contributed by atoms with Crippen molar-refractivity contribution in [1.29, 1.82) is 0 Å². The number of fused-ring (bicyclic) bond motifs is 1. The van der Waals surface area contributed by atoms with Crippen LogP contribution in [0.3, 0.4) is 0 Å². The molecular formula is C29H41NO4. The molecule has 0 radical (unpaired) electrons. The molecule has 34 heavy (non-hydrogen) atoms. The van der Waals surface area contributed by atoms with Gasteiger partial charge in [0.1, 0.15) is 6.61 Å². The zero-order valence-electron chi connectivity index (χ0n) is 20.6. The third kappa shape index (κ3) is 7.31. The van der Waals surface area contributed by atoms with Crippen LogP contribution < -0.4 is 5.32 Å². The molecule has 1 aliphatic rings. The summed E-state index contributed by atoms with van der Waals surface area (Å²) in [5.41, 5.74) is 3.78. The minimum Gasteiger partial charge on any atom is -0.445 e. The molecule has 2 aromatic rings. The number of rotatable bonds is 13.